The van der Waals surface area contributed by atoms with Crippen LogP contribution in [0.4, 0.5) is 10.5 Å². The highest BCUT2D eigenvalue weighted by atomic mass is 79.9. The molecule has 2 amide bonds. The van der Waals surface area contributed by atoms with E-state index >= 15 is 0 Å². The Labute approximate surface area is 131 Å². The number of carbonyl (C=O) groups is 1. The molecule has 0 fully saturated rings. The molecule has 0 saturated heterocycles. The summed E-state index contributed by atoms with van der Waals surface area (Å²) in [4.78, 5) is 13.7. The van der Waals surface area contributed by atoms with Gasteiger partial charge in [0.05, 0.1) is 0 Å². The fourth-order valence-electron chi connectivity index (χ4n) is 1.72. The molecule has 0 atom stereocenters. The Hall–Kier alpha value is -1.52. The number of hydrogen-bond donors (Lipinski definition) is 1. The molecule has 0 radical (unpaired) electrons. The van der Waals surface area contributed by atoms with Gasteiger partial charge in [-0.05, 0) is 35.9 Å². The van der Waals surface area contributed by atoms with Crippen LogP contribution in [0.1, 0.15) is 5.56 Å². The molecule has 0 spiro atoms. The van der Waals surface area contributed by atoms with E-state index in [1.54, 1.807) is 36.2 Å². The zero-order chi connectivity index (χ0) is 14.5. The van der Waals surface area contributed by atoms with E-state index in [-0.39, 0.29) is 6.03 Å². The fourth-order valence-corrected chi connectivity index (χ4v) is 2.18. The second-order valence-electron chi connectivity index (χ2n) is 4.42. The number of carbonyl (C=O) groups excluding carboxylic acids is 1. The standard InChI is InChI=1S/C15H14BrClN2O/c1-19(10-11-5-7-12(16)8-6-11)15(20)18-14-4-2-3-13(17)9-14/h2-9H,10H2,1H3,(H,18,20). The normalized spacial score (nSPS) is 10.2. The Kier molecular flexibility index (Phi) is 5.04. The van der Waals surface area contributed by atoms with Crippen molar-refractivity contribution in [3.8, 4) is 0 Å². The summed E-state index contributed by atoms with van der Waals surface area (Å²) in [6, 6.07) is 14.8. The molecule has 2 aromatic carbocycles. The maximum absolute atomic E-state index is 12.1. The van der Waals surface area contributed by atoms with Crippen LogP contribution in [-0.2, 0) is 6.54 Å². The lowest BCUT2D eigenvalue weighted by Crippen LogP contribution is -2.30. The predicted molar refractivity (Wildman–Crippen MR) is 86.1 cm³/mol. The molecular weight excluding hydrogens is 340 g/mol. The highest BCUT2D eigenvalue weighted by Gasteiger charge is 2.09. The maximum Gasteiger partial charge on any atom is 0.321 e. The zero-order valence-electron chi connectivity index (χ0n) is 10.9. The average Bonchev–Trinajstić information content (AvgIpc) is 2.41. The van der Waals surface area contributed by atoms with E-state index in [1.807, 2.05) is 24.3 Å². The number of nitrogens with zero attached hydrogens (tertiary/aromatic N) is 1. The molecular formula is C15H14BrClN2O. The van der Waals surface area contributed by atoms with E-state index in [0.717, 1.165) is 10.0 Å². The minimum absolute atomic E-state index is 0.171. The first-order chi connectivity index (χ1) is 9.54. The van der Waals surface area contributed by atoms with Gasteiger partial charge in [-0.25, -0.2) is 4.79 Å². The Morgan fingerprint density at radius 2 is 1.95 bits per heavy atom. The SMILES string of the molecule is CN(Cc1ccc(Br)cc1)C(=O)Nc1cccc(Cl)c1. The molecule has 3 nitrogen and oxygen atoms in total. The number of rotatable bonds is 3. The quantitative estimate of drug-likeness (QED) is 0.847. The summed E-state index contributed by atoms with van der Waals surface area (Å²) in [5.74, 6) is 0. The molecule has 104 valence electrons. The molecule has 5 heteroatoms. The van der Waals surface area contributed by atoms with Gasteiger partial charge in [-0.3, -0.25) is 0 Å². The molecule has 0 aliphatic carbocycles. The van der Waals surface area contributed by atoms with Crippen molar-refractivity contribution in [1.29, 1.82) is 0 Å². The molecule has 0 saturated carbocycles. The Balaban J connectivity index is 1.96. The maximum atomic E-state index is 12.1. The number of nitrogens with one attached hydrogen (secondary N) is 1. The topological polar surface area (TPSA) is 32.3 Å². The second kappa shape index (κ2) is 6.77. The average molecular weight is 354 g/mol. The van der Waals surface area contributed by atoms with Gasteiger partial charge < -0.3 is 10.2 Å². The minimum Gasteiger partial charge on any atom is -0.323 e. The third kappa shape index (κ3) is 4.25. The van der Waals surface area contributed by atoms with Crippen molar-refractivity contribution in [1.82, 2.24) is 4.90 Å². The highest BCUT2D eigenvalue weighted by Crippen LogP contribution is 2.16. The van der Waals surface area contributed by atoms with E-state index in [4.69, 9.17) is 11.6 Å². The summed E-state index contributed by atoms with van der Waals surface area (Å²) in [7, 11) is 1.75. The highest BCUT2D eigenvalue weighted by molar-refractivity contribution is 9.10. The summed E-state index contributed by atoms with van der Waals surface area (Å²) < 4.78 is 1.02. The van der Waals surface area contributed by atoms with E-state index in [1.165, 1.54) is 0 Å². The van der Waals surface area contributed by atoms with Crippen LogP contribution in [0.25, 0.3) is 0 Å². The number of hydrogen-bond acceptors (Lipinski definition) is 1. The lowest BCUT2D eigenvalue weighted by Gasteiger charge is -2.18. The molecule has 0 heterocycles. The van der Waals surface area contributed by atoms with E-state index in [9.17, 15) is 4.79 Å². The first-order valence-corrected chi connectivity index (χ1v) is 7.24. The molecule has 2 aromatic rings. The summed E-state index contributed by atoms with van der Waals surface area (Å²) in [5, 5.41) is 3.40. The van der Waals surface area contributed by atoms with E-state index < -0.39 is 0 Å². The van der Waals surface area contributed by atoms with Gasteiger partial charge in [0.2, 0.25) is 0 Å². The van der Waals surface area contributed by atoms with Crippen molar-refractivity contribution in [3.63, 3.8) is 0 Å². The Bertz CT molecular complexity index is 601. The van der Waals surface area contributed by atoms with Gasteiger partial charge in [0.15, 0.2) is 0 Å². The lowest BCUT2D eigenvalue weighted by molar-refractivity contribution is 0.220. The predicted octanol–water partition coefficient (Wildman–Crippen LogP) is 4.77. The van der Waals surface area contributed by atoms with Crippen LogP contribution in [-0.4, -0.2) is 18.0 Å². The molecule has 0 aliphatic heterocycles. The van der Waals surface area contributed by atoms with Crippen LogP contribution in [0.3, 0.4) is 0 Å². The number of urea groups is 1. The van der Waals surface area contributed by atoms with Crippen molar-refractivity contribution in [2.45, 2.75) is 6.54 Å². The molecule has 1 N–H and O–H groups in total. The van der Waals surface area contributed by atoms with Gasteiger partial charge in [-0.2, -0.15) is 0 Å². The molecule has 0 aromatic heterocycles. The van der Waals surface area contributed by atoms with Gasteiger partial charge in [-0.1, -0.05) is 45.7 Å². The van der Waals surface area contributed by atoms with Crippen LogP contribution in [0.2, 0.25) is 5.02 Å². The Morgan fingerprint density at radius 3 is 2.60 bits per heavy atom. The van der Waals surface area contributed by atoms with Gasteiger partial charge in [0.1, 0.15) is 0 Å². The van der Waals surface area contributed by atoms with Crippen LogP contribution in [0.5, 0.6) is 0 Å². The van der Waals surface area contributed by atoms with Crippen molar-refractivity contribution >= 4 is 39.2 Å². The number of anilines is 1. The van der Waals surface area contributed by atoms with Crippen molar-refractivity contribution < 1.29 is 4.79 Å². The minimum atomic E-state index is -0.171. The second-order valence-corrected chi connectivity index (χ2v) is 5.78. The van der Waals surface area contributed by atoms with Gasteiger partial charge in [-0.15, -0.1) is 0 Å². The summed E-state index contributed by atoms with van der Waals surface area (Å²) in [6.07, 6.45) is 0. The lowest BCUT2D eigenvalue weighted by atomic mass is 10.2. The van der Waals surface area contributed by atoms with Gasteiger partial charge in [0, 0.05) is 28.8 Å². The van der Waals surface area contributed by atoms with Crippen molar-refractivity contribution in [2.24, 2.45) is 0 Å². The van der Waals surface area contributed by atoms with Crippen molar-refractivity contribution in [2.75, 3.05) is 12.4 Å². The molecule has 2 rings (SSSR count). The summed E-state index contributed by atoms with van der Waals surface area (Å²) >= 11 is 9.27. The van der Waals surface area contributed by atoms with E-state index in [0.29, 0.717) is 17.3 Å². The van der Waals surface area contributed by atoms with Crippen LogP contribution in [0, 0.1) is 0 Å². The third-order valence-corrected chi connectivity index (χ3v) is 3.52. The number of benzene rings is 2. The first kappa shape index (κ1) is 14.9. The fraction of sp³-hybridized carbons (Fsp3) is 0.133. The van der Waals surface area contributed by atoms with Gasteiger partial charge in [0.25, 0.3) is 0 Å². The Morgan fingerprint density at radius 1 is 1.25 bits per heavy atom. The molecule has 0 aliphatic rings. The summed E-state index contributed by atoms with van der Waals surface area (Å²) in [5.41, 5.74) is 1.75. The third-order valence-electron chi connectivity index (χ3n) is 2.76. The van der Waals surface area contributed by atoms with Gasteiger partial charge >= 0.3 is 6.03 Å². The zero-order valence-corrected chi connectivity index (χ0v) is 13.3. The summed E-state index contributed by atoms with van der Waals surface area (Å²) in [6.45, 7) is 0.541. The number of amides is 2. The molecule has 20 heavy (non-hydrogen) atoms. The molecule has 0 bridgehead atoms. The van der Waals surface area contributed by atoms with Crippen LogP contribution < -0.4 is 5.32 Å². The number of halogens is 2. The monoisotopic (exact) mass is 352 g/mol. The first-order valence-electron chi connectivity index (χ1n) is 6.07. The van der Waals surface area contributed by atoms with Crippen molar-refractivity contribution in [3.05, 3.63) is 63.6 Å². The largest absolute Gasteiger partial charge is 0.323 e. The van der Waals surface area contributed by atoms with Crippen LogP contribution >= 0.6 is 27.5 Å². The van der Waals surface area contributed by atoms with Crippen LogP contribution in [0.15, 0.2) is 53.0 Å². The smallest absolute Gasteiger partial charge is 0.321 e. The molecule has 0 unspecified atom stereocenters. The van der Waals surface area contributed by atoms with E-state index in [2.05, 4.69) is 21.2 Å².